The minimum atomic E-state index is 0.567. The molecule has 3 nitrogen and oxygen atoms in total. The van der Waals surface area contributed by atoms with Gasteiger partial charge in [-0.3, -0.25) is 0 Å². The van der Waals surface area contributed by atoms with E-state index in [4.69, 9.17) is 9.47 Å². The average Bonchev–Trinajstić information content (AvgIpc) is 2.67. The second-order valence-corrected chi connectivity index (χ2v) is 4.15. The number of nitrogens with one attached hydrogen (secondary N) is 1. The molecule has 3 heteroatoms. The number of rotatable bonds is 7. The Labute approximate surface area is 87.2 Å². The van der Waals surface area contributed by atoms with Gasteiger partial charge in [0.25, 0.3) is 0 Å². The molecule has 0 radical (unpaired) electrons. The van der Waals surface area contributed by atoms with Crippen LogP contribution < -0.4 is 5.32 Å². The molecule has 0 amide bonds. The first-order valence-corrected chi connectivity index (χ1v) is 5.63. The van der Waals surface area contributed by atoms with Crippen molar-refractivity contribution in [3.8, 4) is 0 Å². The zero-order valence-electron chi connectivity index (χ0n) is 9.42. The Morgan fingerprint density at radius 3 is 3.07 bits per heavy atom. The van der Waals surface area contributed by atoms with E-state index in [0.717, 1.165) is 38.7 Å². The molecule has 0 aromatic rings. The van der Waals surface area contributed by atoms with Gasteiger partial charge in [-0.2, -0.15) is 0 Å². The van der Waals surface area contributed by atoms with Gasteiger partial charge in [0.1, 0.15) is 0 Å². The zero-order valence-corrected chi connectivity index (χ0v) is 9.42. The lowest BCUT2D eigenvalue weighted by Gasteiger charge is -2.14. The van der Waals surface area contributed by atoms with Crippen LogP contribution in [0.5, 0.6) is 0 Å². The first kappa shape index (κ1) is 12.0. The fourth-order valence-corrected chi connectivity index (χ4v) is 1.74. The van der Waals surface area contributed by atoms with Crippen LogP contribution in [-0.4, -0.2) is 39.5 Å². The summed E-state index contributed by atoms with van der Waals surface area (Å²) in [7, 11) is 1.75. The third kappa shape index (κ3) is 4.94. The smallest absolute Gasteiger partial charge is 0.0495 e. The van der Waals surface area contributed by atoms with Gasteiger partial charge < -0.3 is 14.8 Å². The molecule has 0 aromatic heterocycles. The van der Waals surface area contributed by atoms with Crippen LogP contribution in [0.3, 0.4) is 0 Å². The normalized spacial score (nSPS) is 24.0. The maximum absolute atomic E-state index is 5.33. The van der Waals surface area contributed by atoms with Gasteiger partial charge in [-0.05, 0) is 38.6 Å². The Morgan fingerprint density at radius 2 is 2.43 bits per heavy atom. The number of hydrogen-bond donors (Lipinski definition) is 1. The Hall–Kier alpha value is -0.120. The van der Waals surface area contributed by atoms with Crippen molar-refractivity contribution in [2.24, 2.45) is 5.92 Å². The molecule has 1 saturated heterocycles. The van der Waals surface area contributed by atoms with Crippen LogP contribution in [-0.2, 0) is 9.47 Å². The fourth-order valence-electron chi connectivity index (χ4n) is 1.74. The van der Waals surface area contributed by atoms with E-state index in [0.29, 0.717) is 6.04 Å². The predicted molar refractivity (Wildman–Crippen MR) is 57.5 cm³/mol. The van der Waals surface area contributed by atoms with E-state index in [1.165, 1.54) is 12.8 Å². The molecular weight excluding hydrogens is 178 g/mol. The standard InChI is InChI=1S/C11H23NO2/c1-10(4-7-13-2)12-6-3-11-5-8-14-9-11/h10-12H,3-9H2,1-2H3. The van der Waals surface area contributed by atoms with Crippen molar-refractivity contribution in [2.45, 2.75) is 32.2 Å². The lowest BCUT2D eigenvalue weighted by atomic mass is 10.1. The lowest BCUT2D eigenvalue weighted by Crippen LogP contribution is -2.29. The summed E-state index contributed by atoms with van der Waals surface area (Å²) in [5.41, 5.74) is 0. The lowest BCUT2D eigenvalue weighted by molar-refractivity contribution is 0.180. The number of hydrogen-bond acceptors (Lipinski definition) is 3. The van der Waals surface area contributed by atoms with E-state index >= 15 is 0 Å². The summed E-state index contributed by atoms with van der Waals surface area (Å²) in [5.74, 6) is 0.789. The molecule has 1 fully saturated rings. The molecule has 1 rings (SSSR count). The van der Waals surface area contributed by atoms with Crippen molar-refractivity contribution < 1.29 is 9.47 Å². The van der Waals surface area contributed by atoms with Gasteiger partial charge in [0, 0.05) is 33.0 Å². The van der Waals surface area contributed by atoms with Gasteiger partial charge in [-0.1, -0.05) is 0 Å². The molecule has 0 bridgehead atoms. The molecule has 1 aliphatic heterocycles. The van der Waals surface area contributed by atoms with Crippen molar-refractivity contribution in [3.05, 3.63) is 0 Å². The van der Waals surface area contributed by atoms with Gasteiger partial charge in [0.2, 0.25) is 0 Å². The minimum absolute atomic E-state index is 0.567. The van der Waals surface area contributed by atoms with Crippen molar-refractivity contribution in [1.82, 2.24) is 5.32 Å². The third-order valence-corrected chi connectivity index (χ3v) is 2.82. The van der Waals surface area contributed by atoms with Crippen LogP contribution in [0, 0.1) is 5.92 Å². The van der Waals surface area contributed by atoms with Crippen LogP contribution in [0.25, 0.3) is 0 Å². The summed E-state index contributed by atoms with van der Waals surface area (Å²) in [4.78, 5) is 0. The van der Waals surface area contributed by atoms with Crippen molar-refractivity contribution in [3.63, 3.8) is 0 Å². The second-order valence-electron chi connectivity index (χ2n) is 4.15. The Bertz CT molecular complexity index is 135. The van der Waals surface area contributed by atoms with E-state index in [1.807, 2.05) is 0 Å². The van der Waals surface area contributed by atoms with Gasteiger partial charge in [0.05, 0.1) is 0 Å². The van der Waals surface area contributed by atoms with Crippen LogP contribution in [0.15, 0.2) is 0 Å². The molecule has 1 heterocycles. The summed E-state index contributed by atoms with van der Waals surface area (Å²) in [6, 6.07) is 0.567. The molecule has 0 aromatic carbocycles. The van der Waals surface area contributed by atoms with Gasteiger partial charge in [0.15, 0.2) is 0 Å². The second kappa shape index (κ2) is 7.21. The number of methoxy groups -OCH3 is 1. The van der Waals surface area contributed by atoms with Crippen molar-refractivity contribution >= 4 is 0 Å². The highest BCUT2D eigenvalue weighted by atomic mass is 16.5. The Kier molecular flexibility index (Phi) is 6.15. The number of ether oxygens (including phenoxy) is 2. The van der Waals surface area contributed by atoms with Crippen LogP contribution in [0.4, 0.5) is 0 Å². The van der Waals surface area contributed by atoms with E-state index in [2.05, 4.69) is 12.2 Å². The van der Waals surface area contributed by atoms with Gasteiger partial charge in [-0.25, -0.2) is 0 Å². The molecular formula is C11H23NO2. The summed E-state index contributed by atoms with van der Waals surface area (Å²) < 4.78 is 10.4. The van der Waals surface area contributed by atoms with Gasteiger partial charge >= 0.3 is 0 Å². The van der Waals surface area contributed by atoms with Crippen LogP contribution >= 0.6 is 0 Å². The van der Waals surface area contributed by atoms with E-state index in [9.17, 15) is 0 Å². The molecule has 84 valence electrons. The summed E-state index contributed by atoms with van der Waals surface area (Å²) in [6.07, 6.45) is 3.59. The molecule has 0 spiro atoms. The fraction of sp³-hybridized carbons (Fsp3) is 1.00. The van der Waals surface area contributed by atoms with Crippen molar-refractivity contribution in [2.75, 3.05) is 33.5 Å². The quantitative estimate of drug-likeness (QED) is 0.676. The molecule has 1 aliphatic rings. The highest BCUT2D eigenvalue weighted by Gasteiger charge is 2.14. The maximum atomic E-state index is 5.33. The van der Waals surface area contributed by atoms with Crippen LogP contribution in [0.1, 0.15) is 26.2 Å². The highest BCUT2D eigenvalue weighted by Crippen LogP contribution is 2.15. The zero-order chi connectivity index (χ0) is 10.2. The third-order valence-electron chi connectivity index (χ3n) is 2.82. The Morgan fingerprint density at radius 1 is 1.57 bits per heavy atom. The SMILES string of the molecule is COCCC(C)NCCC1CCOC1. The monoisotopic (exact) mass is 201 g/mol. The Balaban J connectivity index is 1.91. The topological polar surface area (TPSA) is 30.5 Å². The molecule has 2 atom stereocenters. The molecule has 2 unspecified atom stereocenters. The van der Waals surface area contributed by atoms with E-state index < -0.39 is 0 Å². The highest BCUT2D eigenvalue weighted by molar-refractivity contribution is 4.67. The molecule has 0 saturated carbocycles. The summed E-state index contributed by atoms with van der Waals surface area (Å²) in [6.45, 7) is 6.10. The maximum Gasteiger partial charge on any atom is 0.0495 e. The first-order chi connectivity index (χ1) is 6.83. The average molecular weight is 201 g/mol. The van der Waals surface area contributed by atoms with E-state index in [1.54, 1.807) is 7.11 Å². The summed E-state index contributed by atoms with van der Waals surface area (Å²) in [5, 5.41) is 3.51. The first-order valence-electron chi connectivity index (χ1n) is 5.63. The summed E-state index contributed by atoms with van der Waals surface area (Å²) >= 11 is 0. The van der Waals surface area contributed by atoms with E-state index in [-0.39, 0.29) is 0 Å². The largest absolute Gasteiger partial charge is 0.385 e. The van der Waals surface area contributed by atoms with Gasteiger partial charge in [-0.15, -0.1) is 0 Å². The minimum Gasteiger partial charge on any atom is -0.385 e. The molecule has 1 N–H and O–H groups in total. The molecule has 14 heavy (non-hydrogen) atoms. The van der Waals surface area contributed by atoms with Crippen LogP contribution in [0.2, 0.25) is 0 Å². The molecule has 0 aliphatic carbocycles. The predicted octanol–water partition coefficient (Wildman–Crippen LogP) is 1.43. The van der Waals surface area contributed by atoms with Crippen molar-refractivity contribution in [1.29, 1.82) is 0 Å².